The fraction of sp³-hybridized carbons (Fsp3) is 0.808. The molecule has 10 nitrogen and oxygen atoms in total. The molecule has 2 aliphatic heterocycles. The normalized spacial score (nSPS) is 28.4. The van der Waals surface area contributed by atoms with Crippen LogP contribution in [-0.4, -0.2) is 71.8 Å². The van der Waals surface area contributed by atoms with E-state index >= 15 is 0 Å². The number of aldehydes is 1. The highest BCUT2D eigenvalue weighted by atomic mass is 16.6. The Labute approximate surface area is 213 Å². The molecule has 0 bridgehead atoms. The van der Waals surface area contributed by atoms with Gasteiger partial charge in [-0.05, 0) is 56.3 Å². The number of fused-ring (bicyclic) bond motifs is 1. The zero-order chi connectivity index (χ0) is 27.2. The van der Waals surface area contributed by atoms with Crippen LogP contribution < -0.4 is 16.0 Å². The second-order valence-corrected chi connectivity index (χ2v) is 13.1. The van der Waals surface area contributed by atoms with E-state index in [9.17, 15) is 24.0 Å². The predicted molar refractivity (Wildman–Crippen MR) is 133 cm³/mol. The summed E-state index contributed by atoms with van der Waals surface area (Å²) < 4.78 is 5.38. The van der Waals surface area contributed by atoms with E-state index in [1.54, 1.807) is 25.7 Å². The molecule has 3 fully saturated rings. The summed E-state index contributed by atoms with van der Waals surface area (Å²) in [5.41, 5.74) is -1.48. The number of hydrogen-bond acceptors (Lipinski definition) is 6. The molecule has 3 rings (SSSR count). The lowest BCUT2D eigenvalue weighted by atomic mass is 9.85. The number of amides is 4. The van der Waals surface area contributed by atoms with E-state index in [0.29, 0.717) is 25.8 Å². The predicted octanol–water partition coefficient (Wildman–Crippen LogP) is 1.62. The quantitative estimate of drug-likeness (QED) is 0.449. The summed E-state index contributed by atoms with van der Waals surface area (Å²) in [4.78, 5) is 65.2. The molecule has 0 spiro atoms. The summed E-state index contributed by atoms with van der Waals surface area (Å²) in [5.74, 6) is -1.09. The Hall–Kier alpha value is -2.65. The van der Waals surface area contributed by atoms with Gasteiger partial charge in [0.2, 0.25) is 17.7 Å². The lowest BCUT2D eigenvalue weighted by molar-refractivity contribution is -0.144. The number of carbonyl (C=O) groups is 5. The first-order chi connectivity index (χ1) is 16.5. The van der Waals surface area contributed by atoms with Gasteiger partial charge in [0.15, 0.2) is 0 Å². The van der Waals surface area contributed by atoms with Gasteiger partial charge in [-0.1, -0.05) is 34.6 Å². The maximum atomic E-state index is 13.8. The number of ether oxygens (including phenoxy) is 1. The highest BCUT2D eigenvalue weighted by Crippen LogP contribution is 2.65. The molecular formula is C26H42N4O6. The van der Waals surface area contributed by atoms with Gasteiger partial charge >= 0.3 is 6.09 Å². The van der Waals surface area contributed by atoms with Crippen LogP contribution in [0.2, 0.25) is 0 Å². The van der Waals surface area contributed by atoms with Gasteiger partial charge in [-0.2, -0.15) is 0 Å². The van der Waals surface area contributed by atoms with Crippen LogP contribution >= 0.6 is 0 Å². The van der Waals surface area contributed by atoms with Gasteiger partial charge < -0.3 is 30.4 Å². The maximum Gasteiger partial charge on any atom is 0.408 e. The molecule has 202 valence electrons. The molecule has 3 N–H and O–H groups in total. The molecule has 0 aromatic heterocycles. The summed E-state index contributed by atoms with van der Waals surface area (Å²) >= 11 is 0. The van der Waals surface area contributed by atoms with Crippen LogP contribution in [0.3, 0.4) is 0 Å². The van der Waals surface area contributed by atoms with Gasteiger partial charge in [0.25, 0.3) is 0 Å². The Kier molecular flexibility index (Phi) is 7.50. The van der Waals surface area contributed by atoms with Crippen molar-refractivity contribution >= 4 is 30.1 Å². The van der Waals surface area contributed by atoms with Crippen molar-refractivity contribution in [2.45, 2.75) is 92.0 Å². The monoisotopic (exact) mass is 506 g/mol. The zero-order valence-electron chi connectivity index (χ0n) is 22.8. The van der Waals surface area contributed by atoms with Gasteiger partial charge in [-0.15, -0.1) is 0 Å². The summed E-state index contributed by atoms with van der Waals surface area (Å²) in [6.07, 6.45) is 0.804. The van der Waals surface area contributed by atoms with Crippen molar-refractivity contribution in [3.63, 3.8) is 0 Å². The van der Waals surface area contributed by atoms with Crippen molar-refractivity contribution in [3.8, 4) is 0 Å². The van der Waals surface area contributed by atoms with Crippen LogP contribution in [0.4, 0.5) is 4.79 Å². The molecule has 6 atom stereocenters. The average molecular weight is 507 g/mol. The SMILES string of the molecule is CC(C)(C)OC(=O)N[C@H](C(=O)N1C[C@H]2[C@@H]([C@H]1C(=O)N[C@H](C=O)C[C@@H]1CCNC1=O)C2(C)C)C(C)(C)C. The topological polar surface area (TPSA) is 134 Å². The van der Waals surface area contributed by atoms with E-state index in [0.717, 1.165) is 0 Å². The van der Waals surface area contributed by atoms with Crippen molar-refractivity contribution in [2.24, 2.45) is 28.6 Å². The van der Waals surface area contributed by atoms with Gasteiger partial charge in [0.1, 0.15) is 24.0 Å². The highest BCUT2D eigenvalue weighted by molar-refractivity contribution is 5.94. The van der Waals surface area contributed by atoms with Gasteiger partial charge in [0, 0.05) is 19.0 Å². The van der Waals surface area contributed by atoms with E-state index in [-0.39, 0.29) is 41.4 Å². The minimum absolute atomic E-state index is 0.0503. The fourth-order valence-electron chi connectivity index (χ4n) is 5.65. The first-order valence-electron chi connectivity index (χ1n) is 12.8. The van der Waals surface area contributed by atoms with E-state index in [1.807, 2.05) is 20.8 Å². The summed E-state index contributed by atoms with van der Waals surface area (Å²) in [5, 5.41) is 8.26. The summed E-state index contributed by atoms with van der Waals surface area (Å²) in [7, 11) is 0. The highest BCUT2D eigenvalue weighted by Gasteiger charge is 2.69. The Balaban J connectivity index is 1.78. The van der Waals surface area contributed by atoms with E-state index in [4.69, 9.17) is 4.74 Å². The van der Waals surface area contributed by atoms with Crippen molar-refractivity contribution in [1.29, 1.82) is 0 Å². The van der Waals surface area contributed by atoms with Gasteiger partial charge in [0.05, 0.1) is 6.04 Å². The minimum Gasteiger partial charge on any atom is -0.444 e. The molecule has 0 radical (unpaired) electrons. The molecule has 2 saturated heterocycles. The molecule has 10 heteroatoms. The molecule has 4 amide bonds. The van der Waals surface area contributed by atoms with Crippen LogP contribution in [0.15, 0.2) is 0 Å². The van der Waals surface area contributed by atoms with Gasteiger partial charge in [-0.25, -0.2) is 4.79 Å². The average Bonchev–Trinajstić information content (AvgIpc) is 3.08. The Morgan fingerprint density at radius 1 is 1.17 bits per heavy atom. The lowest BCUT2D eigenvalue weighted by Gasteiger charge is -2.38. The third-order valence-electron chi connectivity index (χ3n) is 7.73. The van der Waals surface area contributed by atoms with E-state index in [2.05, 4.69) is 29.8 Å². The summed E-state index contributed by atoms with van der Waals surface area (Å²) in [6, 6.07) is -2.49. The third-order valence-corrected chi connectivity index (χ3v) is 7.73. The Morgan fingerprint density at radius 3 is 2.31 bits per heavy atom. The van der Waals surface area contributed by atoms with E-state index in [1.165, 1.54) is 0 Å². The zero-order valence-corrected chi connectivity index (χ0v) is 22.8. The number of alkyl carbamates (subject to hydrolysis) is 1. The molecular weight excluding hydrogens is 464 g/mol. The largest absolute Gasteiger partial charge is 0.444 e. The first kappa shape index (κ1) is 27.9. The van der Waals surface area contributed by atoms with Crippen molar-refractivity contribution < 1.29 is 28.7 Å². The second kappa shape index (κ2) is 9.67. The lowest BCUT2D eigenvalue weighted by Crippen LogP contribution is -2.60. The van der Waals surface area contributed by atoms with Crippen molar-refractivity contribution in [3.05, 3.63) is 0 Å². The molecule has 0 aromatic rings. The first-order valence-corrected chi connectivity index (χ1v) is 12.8. The number of hydrogen-bond donors (Lipinski definition) is 3. The molecule has 3 aliphatic rings. The number of likely N-dealkylation sites (tertiary alicyclic amines) is 1. The van der Waals surface area contributed by atoms with Crippen LogP contribution in [0.1, 0.15) is 68.2 Å². The molecule has 0 aromatic carbocycles. The standard InChI is InChI=1S/C26H42N4O6/c1-24(2,3)19(29-23(35)36-25(4,5)6)22(34)30-12-16-17(26(16,7)8)18(30)21(33)28-15(13-31)11-14-9-10-27-20(14)32/h13-19H,9-12H2,1-8H3,(H,27,32)(H,28,33)(H,29,35)/t14-,15-,16-,17-,18-,19+/m0/s1. The van der Waals surface area contributed by atoms with Crippen LogP contribution in [-0.2, 0) is 23.9 Å². The molecule has 1 saturated carbocycles. The van der Waals surface area contributed by atoms with Crippen molar-refractivity contribution in [1.82, 2.24) is 20.9 Å². The number of nitrogens with zero attached hydrogens (tertiary/aromatic N) is 1. The van der Waals surface area contributed by atoms with Crippen molar-refractivity contribution in [2.75, 3.05) is 13.1 Å². The maximum absolute atomic E-state index is 13.8. The van der Waals surface area contributed by atoms with Gasteiger partial charge in [-0.3, -0.25) is 14.4 Å². The summed E-state index contributed by atoms with van der Waals surface area (Å²) in [6.45, 7) is 15.9. The number of carbonyl (C=O) groups excluding carboxylic acids is 5. The smallest absolute Gasteiger partial charge is 0.408 e. The fourth-order valence-corrected chi connectivity index (χ4v) is 5.65. The Bertz CT molecular complexity index is 918. The third kappa shape index (κ3) is 5.83. The van der Waals surface area contributed by atoms with Crippen LogP contribution in [0.25, 0.3) is 0 Å². The molecule has 36 heavy (non-hydrogen) atoms. The molecule has 0 unspecified atom stereocenters. The van der Waals surface area contributed by atoms with Crippen LogP contribution in [0, 0.1) is 28.6 Å². The number of rotatable bonds is 7. The van der Waals surface area contributed by atoms with Crippen LogP contribution in [0.5, 0.6) is 0 Å². The number of nitrogens with one attached hydrogen (secondary N) is 3. The van der Waals surface area contributed by atoms with E-state index < -0.39 is 41.1 Å². The second-order valence-electron chi connectivity index (χ2n) is 13.1. The molecule has 2 heterocycles. The Morgan fingerprint density at radius 2 is 1.81 bits per heavy atom. The number of piperidine rings is 1. The minimum atomic E-state index is -0.910. The molecule has 1 aliphatic carbocycles.